The molecule has 0 saturated heterocycles. The quantitative estimate of drug-likeness (QED) is 0.383. The van der Waals surface area contributed by atoms with Crippen LogP contribution in [-0.2, 0) is 10.0 Å². The molecule has 0 atom stereocenters. The number of hydrogen-bond donors (Lipinski definition) is 2. The van der Waals surface area contributed by atoms with Crippen molar-refractivity contribution >= 4 is 48.9 Å². The molecule has 3 aromatic carbocycles. The minimum atomic E-state index is -3.80. The first-order valence-electron chi connectivity index (χ1n) is 8.60. The van der Waals surface area contributed by atoms with E-state index in [0.717, 1.165) is 4.47 Å². The van der Waals surface area contributed by atoms with Gasteiger partial charge in [-0.05, 0) is 61.5 Å². The van der Waals surface area contributed by atoms with Crippen molar-refractivity contribution in [3.8, 4) is 0 Å². The highest BCUT2D eigenvalue weighted by Crippen LogP contribution is 2.22. The molecule has 1 amide bonds. The van der Waals surface area contributed by atoms with Crippen LogP contribution in [0.4, 0.5) is 17.1 Å². The van der Waals surface area contributed by atoms with Gasteiger partial charge in [0.15, 0.2) is 0 Å². The van der Waals surface area contributed by atoms with E-state index in [2.05, 4.69) is 26.0 Å². The lowest BCUT2D eigenvalue weighted by atomic mass is 10.1. The molecule has 0 aliphatic rings. The van der Waals surface area contributed by atoms with Gasteiger partial charge in [-0.25, -0.2) is 8.42 Å². The van der Waals surface area contributed by atoms with Gasteiger partial charge in [0.1, 0.15) is 0 Å². The lowest BCUT2D eigenvalue weighted by Gasteiger charge is -2.10. The highest BCUT2D eigenvalue weighted by molar-refractivity contribution is 9.10. The number of nitrogens with zero attached hydrogens (tertiary/aromatic N) is 1. The van der Waals surface area contributed by atoms with Crippen molar-refractivity contribution in [1.29, 1.82) is 0 Å². The molecule has 0 spiro atoms. The van der Waals surface area contributed by atoms with Crippen LogP contribution in [-0.4, -0.2) is 19.2 Å². The molecule has 0 radical (unpaired) electrons. The Labute approximate surface area is 181 Å². The highest BCUT2D eigenvalue weighted by Gasteiger charge is 2.17. The Hall–Kier alpha value is -3.24. The Kier molecular flexibility index (Phi) is 6.18. The maximum absolute atomic E-state index is 12.5. The van der Waals surface area contributed by atoms with Crippen molar-refractivity contribution in [2.45, 2.75) is 11.8 Å². The van der Waals surface area contributed by atoms with Crippen molar-refractivity contribution in [2.24, 2.45) is 0 Å². The molecule has 0 unspecified atom stereocenters. The third-order valence-electron chi connectivity index (χ3n) is 4.19. The summed E-state index contributed by atoms with van der Waals surface area (Å²) >= 11 is 3.28. The van der Waals surface area contributed by atoms with Crippen molar-refractivity contribution in [3.05, 3.63) is 92.4 Å². The summed E-state index contributed by atoms with van der Waals surface area (Å²) < 4.78 is 28.3. The van der Waals surface area contributed by atoms with Gasteiger partial charge in [-0.2, -0.15) is 0 Å². The second-order valence-corrected chi connectivity index (χ2v) is 8.95. The number of nitro groups is 1. The second-order valence-electron chi connectivity index (χ2n) is 6.35. The van der Waals surface area contributed by atoms with Crippen LogP contribution in [0.3, 0.4) is 0 Å². The molecule has 10 heteroatoms. The largest absolute Gasteiger partial charge is 0.322 e. The van der Waals surface area contributed by atoms with Crippen LogP contribution in [0.15, 0.2) is 76.1 Å². The number of carbonyl (C=O) groups excluding carboxylic acids is 1. The number of nitrogens with one attached hydrogen (secondary N) is 2. The molecule has 0 heterocycles. The SMILES string of the molecule is Cc1ccc(C(=O)Nc2ccc(S(=O)(=O)Nc3ccc(Br)cc3)cc2)cc1[N+](=O)[O-]. The van der Waals surface area contributed by atoms with Crippen LogP contribution in [0, 0.1) is 17.0 Å². The van der Waals surface area contributed by atoms with Gasteiger partial charge in [-0.1, -0.05) is 22.0 Å². The number of rotatable bonds is 6. The van der Waals surface area contributed by atoms with Gasteiger partial charge in [0.05, 0.1) is 9.82 Å². The van der Waals surface area contributed by atoms with Gasteiger partial charge in [0, 0.05) is 33.0 Å². The van der Waals surface area contributed by atoms with E-state index in [1.165, 1.54) is 42.5 Å². The van der Waals surface area contributed by atoms with Crippen molar-refractivity contribution in [1.82, 2.24) is 0 Å². The average Bonchev–Trinajstić information content (AvgIpc) is 2.70. The fourth-order valence-electron chi connectivity index (χ4n) is 2.60. The molecule has 0 saturated carbocycles. The van der Waals surface area contributed by atoms with E-state index in [9.17, 15) is 23.3 Å². The molecule has 0 aliphatic heterocycles. The minimum Gasteiger partial charge on any atom is -0.322 e. The molecular weight excluding hydrogens is 474 g/mol. The molecule has 0 aromatic heterocycles. The number of sulfonamides is 1. The molecule has 0 aliphatic carbocycles. The van der Waals surface area contributed by atoms with E-state index in [4.69, 9.17) is 0 Å². The Morgan fingerprint density at radius 1 is 0.967 bits per heavy atom. The van der Waals surface area contributed by atoms with Crippen molar-refractivity contribution in [3.63, 3.8) is 0 Å². The second kappa shape index (κ2) is 8.64. The first-order chi connectivity index (χ1) is 14.2. The van der Waals surface area contributed by atoms with Crippen molar-refractivity contribution in [2.75, 3.05) is 10.0 Å². The van der Waals surface area contributed by atoms with Crippen molar-refractivity contribution < 1.29 is 18.1 Å². The minimum absolute atomic E-state index is 0.0226. The maximum atomic E-state index is 12.5. The van der Waals surface area contributed by atoms with E-state index >= 15 is 0 Å². The highest BCUT2D eigenvalue weighted by atomic mass is 79.9. The number of carbonyl (C=O) groups is 1. The summed E-state index contributed by atoms with van der Waals surface area (Å²) in [6.07, 6.45) is 0. The number of halogens is 1. The molecule has 154 valence electrons. The Morgan fingerprint density at radius 2 is 1.57 bits per heavy atom. The number of hydrogen-bond acceptors (Lipinski definition) is 5. The lowest BCUT2D eigenvalue weighted by Crippen LogP contribution is -2.14. The van der Waals surface area contributed by atoms with Gasteiger partial charge < -0.3 is 5.32 Å². The third kappa shape index (κ3) is 5.02. The topological polar surface area (TPSA) is 118 Å². The predicted octanol–water partition coefficient (Wildman–Crippen LogP) is 4.72. The molecule has 30 heavy (non-hydrogen) atoms. The standard InChI is InChI=1S/C20H16BrN3O5S/c1-13-2-3-14(12-19(13)24(26)27)20(25)22-16-8-10-18(11-9-16)30(28,29)23-17-6-4-15(21)5-7-17/h2-12,23H,1H3,(H,22,25). The number of amides is 1. The molecule has 3 aromatic rings. The van der Waals surface area contributed by atoms with E-state index in [1.54, 1.807) is 31.2 Å². The zero-order chi connectivity index (χ0) is 21.9. The maximum Gasteiger partial charge on any atom is 0.273 e. The van der Waals surface area contributed by atoms with Crippen LogP contribution >= 0.6 is 15.9 Å². The van der Waals surface area contributed by atoms with Crippen LogP contribution < -0.4 is 10.0 Å². The van der Waals surface area contributed by atoms with E-state index in [1.807, 2.05) is 0 Å². The molecule has 0 fully saturated rings. The van der Waals surface area contributed by atoms with E-state index in [-0.39, 0.29) is 16.1 Å². The summed E-state index contributed by atoms with van der Waals surface area (Å²) in [7, 11) is -3.80. The summed E-state index contributed by atoms with van der Waals surface area (Å²) in [5, 5.41) is 13.6. The van der Waals surface area contributed by atoms with E-state index < -0.39 is 20.9 Å². The number of aryl methyl sites for hydroxylation is 1. The Balaban J connectivity index is 1.74. The van der Waals surface area contributed by atoms with E-state index in [0.29, 0.717) is 16.9 Å². The fourth-order valence-corrected chi connectivity index (χ4v) is 3.92. The molecule has 3 rings (SSSR count). The first-order valence-corrected chi connectivity index (χ1v) is 10.9. The first kappa shape index (κ1) is 21.5. The Morgan fingerprint density at radius 3 is 2.17 bits per heavy atom. The monoisotopic (exact) mass is 489 g/mol. The summed E-state index contributed by atoms with van der Waals surface area (Å²) in [5.74, 6) is -0.540. The Bertz CT molecular complexity index is 1210. The summed E-state index contributed by atoms with van der Waals surface area (Å²) in [4.78, 5) is 22.9. The van der Waals surface area contributed by atoms with Crippen LogP contribution in [0.2, 0.25) is 0 Å². The van der Waals surface area contributed by atoms with Crippen LogP contribution in [0.5, 0.6) is 0 Å². The summed E-state index contributed by atoms with van der Waals surface area (Å²) in [6, 6.07) is 16.4. The number of anilines is 2. The fraction of sp³-hybridized carbons (Fsp3) is 0.0500. The zero-order valence-electron chi connectivity index (χ0n) is 15.6. The number of benzene rings is 3. The molecule has 2 N–H and O–H groups in total. The smallest absolute Gasteiger partial charge is 0.273 e. The van der Waals surface area contributed by atoms with Gasteiger partial charge in [-0.15, -0.1) is 0 Å². The normalized spacial score (nSPS) is 11.0. The molecular formula is C20H16BrN3O5S. The van der Waals surface area contributed by atoms with Gasteiger partial charge in [-0.3, -0.25) is 19.6 Å². The van der Waals surface area contributed by atoms with Gasteiger partial charge in [0.2, 0.25) is 0 Å². The van der Waals surface area contributed by atoms with Gasteiger partial charge >= 0.3 is 0 Å². The molecule has 8 nitrogen and oxygen atoms in total. The molecule has 0 bridgehead atoms. The summed E-state index contributed by atoms with van der Waals surface area (Å²) in [6.45, 7) is 1.58. The zero-order valence-corrected chi connectivity index (χ0v) is 18.0. The van der Waals surface area contributed by atoms with Crippen LogP contribution in [0.25, 0.3) is 0 Å². The lowest BCUT2D eigenvalue weighted by molar-refractivity contribution is -0.385. The van der Waals surface area contributed by atoms with Gasteiger partial charge in [0.25, 0.3) is 21.6 Å². The predicted molar refractivity (Wildman–Crippen MR) is 117 cm³/mol. The summed E-state index contributed by atoms with van der Waals surface area (Å²) in [5.41, 5.74) is 1.19. The average molecular weight is 490 g/mol. The third-order valence-corrected chi connectivity index (χ3v) is 6.11. The van der Waals surface area contributed by atoms with Crippen LogP contribution in [0.1, 0.15) is 15.9 Å². The number of nitro benzene ring substituents is 1.